The van der Waals surface area contributed by atoms with Gasteiger partial charge in [-0.15, -0.1) is 0 Å². The van der Waals surface area contributed by atoms with Crippen molar-refractivity contribution in [3.05, 3.63) is 11.5 Å². The number of hydrogen-bond donors (Lipinski definition) is 2. The van der Waals surface area contributed by atoms with Gasteiger partial charge < -0.3 is 11.1 Å². The Labute approximate surface area is 99.1 Å². The molecule has 0 bridgehead atoms. The lowest BCUT2D eigenvalue weighted by Gasteiger charge is -2.07. The standard InChI is InChI=1S/C8H13ClN4O2S/c1-16(14,15)4-2-3-11-8-6(10)7(9)12-5-13-8/h5H,2-4,10H2,1H3,(H,11,12,13). The first-order chi connectivity index (χ1) is 7.40. The van der Waals surface area contributed by atoms with Crippen LogP contribution in [0.25, 0.3) is 0 Å². The van der Waals surface area contributed by atoms with E-state index in [1.807, 2.05) is 0 Å². The van der Waals surface area contributed by atoms with E-state index >= 15 is 0 Å². The molecular weight excluding hydrogens is 252 g/mol. The topological polar surface area (TPSA) is 98.0 Å². The third kappa shape index (κ3) is 4.19. The molecule has 0 aliphatic heterocycles. The molecule has 90 valence electrons. The van der Waals surface area contributed by atoms with Crippen LogP contribution in [0.1, 0.15) is 6.42 Å². The number of halogens is 1. The Kier molecular flexibility index (Phi) is 4.31. The molecule has 1 heterocycles. The van der Waals surface area contributed by atoms with Crippen LogP contribution in [0.2, 0.25) is 5.15 Å². The van der Waals surface area contributed by atoms with E-state index in [1.54, 1.807) is 0 Å². The second-order valence-electron chi connectivity index (χ2n) is 3.34. The van der Waals surface area contributed by atoms with E-state index in [0.717, 1.165) is 0 Å². The Morgan fingerprint density at radius 3 is 2.81 bits per heavy atom. The third-order valence-electron chi connectivity index (χ3n) is 1.82. The zero-order valence-electron chi connectivity index (χ0n) is 8.77. The van der Waals surface area contributed by atoms with Gasteiger partial charge >= 0.3 is 0 Å². The number of nitrogen functional groups attached to an aromatic ring is 1. The average Bonchev–Trinajstić information content (AvgIpc) is 2.17. The summed E-state index contributed by atoms with van der Waals surface area (Å²) in [4.78, 5) is 7.59. The van der Waals surface area contributed by atoms with Crippen LogP contribution in [0.4, 0.5) is 11.5 Å². The number of rotatable bonds is 5. The van der Waals surface area contributed by atoms with Crippen LogP contribution in [0.15, 0.2) is 6.33 Å². The number of nitrogens with one attached hydrogen (secondary N) is 1. The first kappa shape index (κ1) is 13.0. The number of hydrogen-bond acceptors (Lipinski definition) is 6. The lowest BCUT2D eigenvalue weighted by molar-refractivity contribution is 0.600. The lowest BCUT2D eigenvalue weighted by Crippen LogP contribution is -2.11. The molecule has 1 rings (SSSR count). The molecule has 0 fully saturated rings. The molecule has 0 radical (unpaired) electrons. The third-order valence-corrected chi connectivity index (χ3v) is 3.15. The van der Waals surface area contributed by atoms with E-state index in [2.05, 4.69) is 15.3 Å². The van der Waals surface area contributed by atoms with Crippen molar-refractivity contribution in [2.75, 3.05) is 29.6 Å². The van der Waals surface area contributed by atoms with Gasteiger partial charge in [-0.25, -0.2) is 18.4 Å². The molecule has 16 heavy (non-hydrogen) atoms. The molecule has 1 aromatic rings. The first-order valence-corrected chi connectivity index (χ1v) is 7.01. The summed E-state index contributed by atoms with van der Waals surface area (Å²) >= 11 is 5.69. The highest BCUT2D eigenvalue weighted by molar-refractivity contribution is 7.90. The van der Waals surface area contributed by atoms with Gasteiger partial charge in [0.25, 0.3) is 0 Å². The molecular formula is C8H13ClN4O2S. The minimum absolute atomic E-state index is 0.124. The molecule has 0 atom stereocenters. The number of nitrogens with zero attached hydrogens (tertiary/aromatic N) is 2. The fraction of sp³-hybridized carbons (Fsp3) is 0.500. The monoisotopic (exact) mass is 264 g/mol. The summed E-state index contributed by atoms with van der Waals surface area (Å²) in [6.45, 7) is 0.463. The van der Waals surface area contributed by atoms with E-state index in [1.165, 1.54) is 12.6 Å². The Balaban J connectivity index is 2.47. The second-order valence-corrected chi connectivity index (χ2v) is 5.95. The highest BCUT2D eigenvalue weighted by Gasteiger charge is 2.06. The van der Waals surface area contributed by atoms with E-state index < -0.39 is 9.84 Å². The van der Waals surface area contributed by atoms with Crippen molar-refractivity contribution < 1.29 is 8.42 Å². The largest absolute Gasteiger partial charge is 0.393 e. The van der Waals surface area contributed by atoms with Crippen molar-refractivity contribution in [3.8, 4) is 0 Å². The molecule has 1 aromatic heterocycles. The Morgan fingerprint density at radius 1 is 1.50 bits per heavy atom. The maximum Gasteiger partial charge on any atom is 0.157 e. The van der Waals surface area contributed by atoms with Crippen molar-refractivity contribution in [2.24, 2.45) is 0 Å². The summed E-state index contributed by atoms with van der Waals surface area (Å²) in [7, 11) is -2.93. The van der Waals surface area contributed by atoms with Gasteiger partial charge in [0.15, 0.2) is 11.0 Å². The van der Waals surface area contributed by atoms with Crippen molar-refractivity contribution in [3.63, 3.8) is 0 Å². The molecule has 0 saturated carbocycles. The first-order valence-electron chi connectivity index (χ1n) is 4.58. The van der Waals surface area contributed by atoms with Gasteiger partial charge in [-0.2, -0.15) is 0 Å². The van der Waals surface area contributed by atoms with Crippen LogP contribution in [-0.4, -0.2) is 36.9 Å². The predicted octanol–water partition coefficient (Wildman–Crippen LogP) is 0.559. The zero-order valence-corrected chi connectivity index (χ0v) is 10.3. The summed E-state index contributed by atoms with van der Waals surface area (Å²) in [5, 5.41) is 3.08. The zero-order chi connectivity index (χ0) is 12.2. The van der Waals surface area contributed by atoms with Crippen molar-refractivity contribution in [1.82, 2.24) is 9.97 Å². The highest BCUT2D eigenvalue weighted by atomic mass is 35.5. The predicted molar refractivity (Wildman–Crippen MR) is 64.3 cm³/mol. The fourth-order valence-corrected chi connectivity index (χ4v) is 1.86. The van der Waals surface area contributed by atoms with Crippen LogP contribution in [-0.2, 0) is 9.84 Å². The average molecular weight is 265 g/mol. The minimum Gasteiger partial charge on any atom is -0.393 e. The molecule has 0 spiro atoms. The van der Waals surface area contributed by atoms with E-state index in [-0.39, 0.29) is 16.6 Å². The molecule has 8 heteroatoms. The van der Waals surface area contributed by atoms with Crippen molar-refractivity contribution >= 4 is 32.9 Å². The summed E-state index contributed by atoms with van der Waals surface area (Å²) in [5.41, 5.74) is 5.88. The quantitative estimate of drug-likeness (QED) is 0.596. The van der Waals surface area contributed by atoms with Crippen LogP contribution in [0.5, 0.6) is 0 Å². The molecule has 0 saturated heterocycles. The maximum absolute atomic E-state index is 10.9. The number of sulfone groups is 1. The van der Waals surface area contributed by atoms with Gasteiger partial charge in [-0.1, -0.05) is 11.6 Å². The summed E-state index contributed by atoms with van der Waals surface area (Å²) in [6, 6.07) is 0. The van der Waals surface area contributed by atoms with Crippen LogP contribution >= 0.6 is 11.6 Å². The molecule has 0 amide bonds. The lowest BCUT2D eigenvalue weighted by atomic mass is 10.4. The number of anilines is 2. The van der Waals surface area contributed by atoms with Crippen LogP contribution < -0.4 is 11.1 Å². The minimum atomic E-state index is -2.93. The highest BCUT2D eigenvalue weighted by Crippen LogP contribution is 2.21. The summed E-state index contributed by atoms with van der Waals surface area (Å²) in [5.74, 6) is 0.548. The number of aromatic nitrogens is 2. The molecule has 6 nitrogen and oxygen atoms in total. The summed E-state index contributed by atoms with van der Waals surface area (Å²) in [6.07, 6.45) is 2.97. The molecule has 0 aliphatic carbocycles. The molecule has 3 N–H and O–H groups in total. The second kappa shape index (κ2) is 5.31. The Morgan fingerprint density at radius 2 is 2.19 bits per heavy atom. The van der Waals surface area contributed by atoms with Gasteiger partial charge in [-0.3, -0.25) is 0 Å². The fourth-order valence-electron chi connectivity index (χ4n) is 1.06. The SMILES string of the molecule is CS(=O)(=O)CCCNc1ncnc(Cl)c1N. The smallest absolute Gasteiger partial charge is 0.157 e. The van der Waals surface area contributed by atoms with Crippen molar-refractivity contribution in [2.45, 2.75) is 6.42 Å². The van der Waals surface area contributed by atoms with Gasteiger partial charge in [0, 0.05) is 12.8 Å². The van der Waals surface area contributed by atoms with Crippen LogP contribution in [0, 0.1) is 0 Å². The van der Waals surface area contributed by atoms with Crippen LogP contribution in [0.3, 0.4) is 0 Å². The number of nitrogens with two attached hydrogens (primary N) is 1. The van der Waals surface area contributed by atoms with E-state index in [9.17, 15) is 8.42 Å². The van der Waals surface area contributed by atoms with E-state index in [0.29, 0.717) is 18.8 Å². The Bertz CT molecular complexity index is 463. The Hall–Kier alpha value is -1.08. The van der Waals surface area contributed by atoms with Crippen molar-refractivity contribution in [1.29, 1.82) is 0 Å². The van der Waals surface area contributed by atoms with Gasteiger partial charge in [0.1, 0.15) is 21.9 Å². The maximum atomic E-state index is 10.9. The molecule has 0 aromatic carbocycles. The normalized spacial score (nSPS) is 11.4. The van der Waals surface area contributed by atoms with Gasteiger partial charge in [0.2, 0.25) is 0 Å². The van der Waals surface area contributed by atoms with Gasteiger partial charge in [-0.05, 0) is 6.42 Å². The van der Waals surface area contributed by atoms with E-state index in [4.69, 9.17) is 17.3 Å². The molecule has 0 aliphatic rings. The molecule has 0 unspecified atom stereocenters. The van der Waals surface area contributed by atoms with Gasteiger partial charge in [0.05, 0.1) is 5.75 Å². The summed E-state index contributed by atoms with van der Waals surface area (Å²) < 4.78 is 21.7.